The molecule has 0 saturated carbocycles. The highest BCUT2D eigenvalue weighted by Crippen LogP contribution is 2.16. The van der Waals surface area contributed by atoms with Crippen molar-refractivity contribution in [1.29, 1.82) is 0 Å². The average molecular weight is 341 g/mol. The molecule has 0 spiro atoms. The fourth-order valence-electron chi connectivity index (χ4n) is 3.05. The van der Waals surface area contributed by atoms with Gasteiger partial charge in [0.1, 0.15) is 0 Å². The van der Waals surface area contributed by atoms with E-state index in [1.807, 2.05) is 0 Å². The lowest BCUT2D eigenvalue weighted by Gasteiger charge is -2.40. The van der Waals surface area contributed by atoms with E-state index < -0.39 is 0 Å². The van der Waals surface area contributed by atoms with Gasteiger partial charge in [-0.25, -0.2) is 0 Å². The monoisotopic (exact) mass is 340 g/mol. The summed E-state index contributed by atoms with van der Waals surface area (Å²) in [5.74, 6) is 0. The molecule has 0 aliphatic carbocycles. The van der Waals surface area contributed by atoms with Crippen molar-refractivity contribution < 1.29 is 0 Å². The van der Waals surface area contributed by atoms with Crippen molar-refractivity contribution in [1.82, 2.24) is 9.80 Å². The van der Waals surface area contributed by atoms with Crippen molar-refractivity contribution in [3.8, 4) is 0 Å². The van der Waals surface area contributed by atoms with E-state index >= 15 is 0 Å². The summed E-state index contributed by atoms with van der Waals surface area (Å²) in [5.41, 5.74) is 2.36. The lowest BCUT2D eigenvalue weighted by atomic mass is 10.1. The van der Waals surface area contributed by atoms with Gasteiger partial charge in [0.2, 0.25) is 0 Å². The van der Waals surface area contributed by atoms with Gasteiger partial charge in [0.25, 0.3) is 0 Å². The van der Waals surface area contributed by atoms with E-state index in [1.165, 1.54) is 94.2 Å². The summed E-state index contributed by atoms with van der Waals surface area (Å²) in [6.45, 7) is 14.3. The maximum Gasteiger partial charge on any atom is 0.0657 e. The predicted octanol–water partition coefficient (Wildman–Crippen LogP) is 4.39. The number of nitrogens with zero attached hydrogens (tertiary/aromatic N) is 2. The minimum Gasteiger partial charge on any atom is -0.288 e. The van der Waals surface area contributed by atoms with Gasteiger partial charge in [-0.3, -0.25) is 9.80 Å². The molecule has 0 amide bonds. The van der Waals surface area contributed by atoms with Gasteiger partial charge in [-0.05, 0) is 58.3 Å². The molecule has 3 heteroatoms. The first-order chi connectivity index (χ1) is 11.2. The van der Waals surface area contributed by atoms with Gasteiger partial charge in [-0.15, -0.1) is 5.70 Å². The lowest BCUT2D eigenvalue weighted by molar-refractivity contribution is 0.0390. The Balaban J connectivity index is 5.05. The predicted molar refractivity (Wildman–Crippen MR) is 110 cm³/mol. The van der Waals surface area contributed by atoms with Crippen molar-refractivity contribution in [2.24, 2.45) is 0 Å². The summed E-state index contributed by atoms with van der Waals surface area (Å²) in [6, 6.07) is 0. The molecule has 23 heavy (non-hydrogen) atoms. The van der Waals surface area contributed by atoms with Crippen LogP contribution in [0, 0.1) is 0 Å². The van der Waals surface area contributed by atoms with E-state index in [2.05, 4.69) is 49.3 Å². The Morgan fingerprint density at radius 2 is 1.04 bits per heavy atom. The van der Waals surface area contributed by atoms with E-state index in [-0.39, 0.29) is 0 Å². The Kier molecular flexibility index (Phi) is 16.6. The molecule has 0 atom stereocenters. The maximum atomic E-state index is 2.79. The second-order valence-corrected chi connectivity index (χ2v) is 7.44. The summed E-state index contributed by atoms with van der Waals surface area (Å²) in [5, 5.41) is 0. The highest BCUT2D eigenvalue weighted by molar-refractivity contribution is 6.16. The fourth-order valence-corrected chi connectivity index (χ4v) is 3.32. The molecule has 0 aromatic heterocycles. The fraction of sp³-hybridized carbons (Fsp3) is 0.900. The van der Waals surface area contributed by atoms with Crippen LogP contribution in [0.15, 0.2) is 11.8 Å². The molecule has 0 aliphatic heterocycles. The minimum atomic E-state index is 0.622. The van der Waals surface area contributed by atoms with Crippen LogP contribution < -0.4 is 0 Å². The first-order valence-corrected chi connectivity index (χ1v) is 11.5. The Bertz CT molecular complexity index is 232. The van der Waals surface area contributed by atoms with Crippen LogP contribution >= 0.6 is 0 Å². The summed E-state index contributed by atoms with van der Waals surface area (Å²) < 4.78 is 0. The normalized spacial score (nSPS) is 12.5. The highest BCUT2D eigenvalue weighted by atomic mass is 28.1. The Morgan fingerprint density at radius 3 is 1.30 bits per heavy atom. The zero-order chi connectivity index (χ0) is 17.3. The summed E-state index contributed by atoms with van der Waals surface area (Å²) >= 11 is 0. The van der Waals surface area contributed by atoms with E-state index in [4.69, 9.17) is 0 Å². The van der Waals surface area contributed by atoms with Crippen molar-refractivity contribution in [2.75, 3.05) is 26.2 Å². The van der Waals surface area contributed by atoms with Gasteiger partial charge in [-0.2, -0.15) is 0 Å². The van der Waals surface area contributed by atoms with Gasteiger partial charge >= 0.3 is 0 Å². The second-order valence-electron chi connectivity index (χ2n) is 6.77. The van der Waals surface area contributed by atoms with Crippen molar-refractivity contribution in [3.63, 3.8) is 0 Å². The third-order valence-electron chi connectivity index (χ3n) is 4.62. The molecule has 138 valence electrons. The van der Waals surface area contributed by atoms with Crippen LogP contribution in [0.3, 0.4) is 0 Å². The zero-order valence-electron chi connectivity index (χ0n) is 16.8. The van der Waals surface area contributed by atoms with E-state index in [9.17, 15) is 0 Å². The van der Waals surface area contributed by atoms with Crippen LogP contribution in [-0.2, 0) is 0 Å². The molecule has 0 aliphatic rings. The second kappa shape index (κ2) is 16.7. The van der Waals surface area contributed by atoms with Crippen LogP contribution in [0.1, 0.15) is 85.5 Å². The maximum absolute atomic E-state index is 2.79. The third-order valence-corrected chi connectivity index (χ3v) is 5.09. The SMILES string of the molecule is CCCCN(CCCC)C(CC=C[SiH3])N(CCCC)CCCC. The summed E-state index contributed by atoms with van der Waals surface area (Å²) in [6.07, 6.45) is 14.8. The molecule has 0 N–H and O–H groups in total. The number of hydrogen-bond donors (Lipinski definition) is 0. The molecule has 0 fully saturated rings. The molecule has 0 aromatic rings. The van der Waals surface area contributed by atoms with E-state index in [1.54, 1.807) is 0 Å². The quantitative estimate of drug-likeness (QED) is 0.304. The van der Waals surface area contributed by atoms with Crippen LogP contribution in [0.25, 0.3) is 0 Å². The first-order valence-electron chi connectivity index (χ1n) is 10.3. The molecule has 0 radical (unpaired) electrons. The highest BCUT2D eigenvalue weighted by Gasteiger charge is 2.22. The molecule has 0 bridgehead atoms. The van der Waals surface area contributed by atoms with Crippen molar-refractivity contribution >= 4 is 10.2 Å². The molecular formula is C20H44N2Si. The van der Waals surface area contributed by atoms with Crippen LogP contribution in [0.5, 0.6) is 0 Å². The van der Waals surface area contributed by atoms with Gasteiger partial charge in [0.05, 0.1) is 6.17 Å². The first kappa shape index (κ1) is 22.9. The Hall–Kier alpha value is -0.123. The van der Waals surface area contributed by atoms with Crippen molar-refractivity contribution in [3.05, 3.63) is 11.8 Å². The number of hydrogen-bond acceptors (Lipinski definition) is 2. The number of rotatable bonds is 16. The van der Waals surface area contributed by atoms with E-state index in [0.717, 1.165) is 0 Å². The molecule has 0 aromatic carbocycles. The van der Waals surface area contributed by atoms with Crippen LogP contribution in [-0.4, -0.2) is 52.4 Å². The molecular weight excluding hydrogens is 296 g/mol. The molecule has 2 nitrogen and oxygen atoms in total. The summed E-state index contributed by atoms with van der Waals surface area (Å²) in [7, 11) is 1.18. The van der Waals surface area contributed by atoms with Gasteiger partial charge in [0.15, 0.2) is 0 Å². The molecule has 0 unspecified atom stereocenters. The van der Waals surface area contributed by atoms with Gasteiger partial charge < -0.3 is 0 Å². The Labute approximate surface area is 150 Å². The van der Waals surface area contributed by atoms with Gasteiger partial charge in [0, 0.05) is 10.2 Å². The molecule has 0 saturated heterocycles. The zero-order valence-corrected chi connectivity index (χ0v) is 18.8. The van der Waals surface area contributed by atoms with Crippen LogP contribution in [0.4, 0.5) is 0 Å². The topological polar surface area (TPSA) is 6.48 Å². The molecule has 0 rings (SSSR count). The van der Waals surface area contributed by atoms with Gasteiger partial charge in [-0.1, -0.05) is 59.5 Å². The Morgan fingerprint density at radius 1 is 0.696 bits per heavy atom. The third kappa shape index (κ3) is 11.1. The molecule has 0 heterocycles. The largest absolute Gasteiger partial charge is 0.288 e. The standard InChI is InChI=1S/C20H44N2Si/c1-5-9-15-21(16-10-6-2)20(14-13-19-23)22(17-11-7-3)18-12-8-4/h13,19-20H,5-12,14-18H2,1-4,23H3. The van der Waals surface area contributed by atoms with E-state index in [0.29, 0.717) is 6.17 Å². The van der Waals surface area contributed by atoms with Crippen LogP contribution in [0.2, 0.25) is 0 Å². The average Bonchev–Trinajstić information content (AvgIpc) is 2.57. The smallest absolute Gasteiger partial charge is 0.0657 e. The summed E-state index contributed by atoms with van der Waals surface area (Å²) in [4.78, 5) is 5.58. The number of unbranched alkanes of at least 4 members (excludes halogenated alkanes) is 4. The van der Waals surface area contributed by atoms with Crippen molar-refractivity contribution in [2.45, 2.75) is 91.6 Å². The lowest BCUT2D eigenvalue weighted by Crippen LogP contribution is -2.49. The minimum absolute atomic E-state index is 0.622.